The highest BCUT2D eigenvalue weighted by atomic mass is 32.2. The monoisotopic (exact) mass is 306 g/mol. The fraction of sp³-hybridized carbons (Fsp3) is 0.214. The maximum absolute atomic E-state index is 12.7. The van der Waals surface area contributed by atoms with Crippen LogP contribution in [0.3, 0.4) is 0 Å². The lowest BCUT2D eigenvalue weighted by molar-refractivity contribution is 0.423. The number of hydrogen-bond acceptors (Lipinski definition) is 5. The van der Waals surface area contributed by atoms with Gasteiger partial charge in [0.05, 0.1) is 0 Å². The molecular weight excluding hydrogens is 288 g/mol. The summed E-state index contributed by atoms with van der Waals surface area (Å²) in [6.45, 7) is 2.46. The first-order valence-corrected chi connectivity index (χ1v) is 7.99. The molecule has 1 aromatic carbocycles. The van der Waals surface area contributed by atoms with Crippen LogP contribution in [-0.2, 0) is 16.6 Å². The zero-order valence-corrected chi connectivity index (χ0v) is 12.5. The van der Waals surface area contributed by atoms with E-state index in [1.807, 2.05) is 30.3 Å². The maximum Gasteiger partial charge on any atom is 0.247 e. The van der Waals surface area contributed by atoms with Crippen LogP contribution < -0.4 is 11.3 Å². The van der Waals surface area contributed by atoms with E-state index >= 15 is 0 Å². The molecule has 112 valence electrons. The van der Waals surface area contributed by atoms with Gasteiger partial charge in [-0.05, 0) is 17.7 Å². The van der Waals surface area contributed by atoms with Gasteiger partial charge in [0, 0.05) is 19.3 Å². The molecule has 1 heterocycles. The highest BCUT2D eigenvalue weighted by Gasteiger charge is 2.26. The van der Waals surface area contributed by atoms with Crippen LogP contribution in [0.2, 0.25) is 0 Å². The summed E-state index contributed by atoms with van der Waals surface area (Å²) in [6.07, 6.45) is 1.49. The van der Waals surface area contributed by atoms with Gasteiger partial charge in [-0.15, -0.1) is 0 Å². The molecule has 0 aliphatic rings. The summed E-state index contributed by atoms with van der Waals surface area (Å²) < 4.78 is 26.9. The Balaban J connectivity index is 2.36. The largest absolute Gasteiger partial charge is 0.307 e. The minimum atomic E-state index is -3.66. The highest BCUT2D eigenvalue weighted by Crippen LogP contribution is 2.23. The summed E-state index contributed by atoms with van der Waals surface area (Å²) in [4.78, 5) is 4.02. The van der Waals surface area contributed by atoms with Gasteiger partial charge in [-0.3, -0.25) is 0 Å². The van der Waals surface area contributed by atoms with E-state index in [0.717, 1.165) is 5.56 Å². The molecule has 1 aromatic heterocycles. The number of nitrogen functional groups attached to an aromatic ring is 1. The highest BCUT2D eigenvalue weighted by molar-refractivity contribution is 7.89. The lowest BCUT2D eigenvalue weighted by atomic mass is 10.2. The molecule has 0 amide bonds. The van der Waals surface area contributed by atoms with Gasteiger partial charge < -0.3 is 5.43 Å². The molecule has 0 unspecified atom stereocenters. The van der Waals surface area contributed by atoms with E-state index in [-0.39, 0.29) is 10.7 Å². The average molecular weight is 306 g/mol. The Morgan fingerprint density at radius 1 is 1.19 bits per heavy atom. The number of benzene rings is 1. The van der Waals surface area contributed by atoms with Crippen molar-refractivity contribution in [2.24, 2.45) is 5.84 Å². The van der Waals surface area contributed by atoms with E-state index in [1.165, 1.54) is 16.6 Å². The minimum absolute atomic E-state index is 0.0743. The molecule has 0 atom stereocenters. The van der Waals surface area contributed by atoms with Crippen LogP contribution in [-0.4, -0.2) is 24.3 Å². The molecule has 6 nitrogen and oxygen atoms in total. The average Bonchev–Trinajstić information content (AvgIpc) is 2.53. The second kappa shape index (κ2) is 6.66. The van der Waals surface area contributed by atoms with Gasteiger partial charge in [-0.25, -0.2) is 19.2 Å². The van der Waals surface area contributed by atoms with Gasteiger partial charge in [-0.2, -0.15) is 4.31 Å². The SMILES string of the molecule is CCN(Cc1ccccc1)S(=O)(=O)c1cccnc1NN. The Bertz CT molecular complexity index is 689. The van der Waals surface area contributed by atoms with Crippen LogP contribution >= 0.6 is 0 Å². The zero-order chi connectivity index (χ0) is 15.3. The number of nitrogens with one attached hydrogen (secondary N) is 1. The molecule has 0 saturated carbocycles. The molecule has 0 radical (unpaired) electrons. The summed E-state index contributed by atoms with van der Waals surface area (Å²) in [5.41, 5.74) is 3.25. The number of nitrogens with two attached hydrogens (primary N) is 1. The first kappa shape index (κ1) is 15.4. The maximum atomic E-state index is 12.7. The Labute approximate surface area is 124 Å². The zero-order valence-electron chi connectivity index (χ0n) is 11.7. The molecule has 2 rings (SSSR count). The van der Waals surface area contributed by atoms with Crippen molar-refractivity contribution in [1.82, 2.24) is 9.29 Å². The second-order valence-electron chi connectivity index (χ2n) is 4.41. The van der Waals surface area contributed by atoms with Crippen molar-refractivity contribution in [3.63, 3.8) is 0 Å². The Morgan fingerprint density at radius 2 is 1.90 bits per heavy atom. The van der Waals surface area contributed by atoms with E-state index in [4.69, 9.17) is 5.84 Å². The van der Waals surface area contributed by atoms with Gasteiger partial charge in [0.15, 0.2) is 5.82 Å². The summed E-state index contributed by atoms with van der Waals surface area (Å²) in [5, 5.41) is 0. The number of anilines is 1. The van der Waals surface area contributed by atoms with Crippen molar-refractivity contribution >= 4 is 15.8 Å². The molecule has 0 bridgehead atoms. The van der Waals surface area contributed by atoms with Crippen LogP contribution in [0.1, 0.15) is 12.5 Å². The predicted octanol–water partition coefficient (Wildman–Crippen LogP) is 1.58. The fourth-order valence-corrected chi connectivity index (χ4v) is 3.54. The molecule has 3 N–H and O–H groups in total. The van der Waals surface area contributed by atoms with E-state index < -0.39 is 10.0 Å². The van der Waals surface area contributed by atoms with Crippen molar-refractivity contribution in [2.75, 3.05) is 12.0 Å². The first-order chi connectivity index (χ1) is 10.1. The minimum Gasteiger partial charge on any atom is -0.307 e. The Morgan fingerprint density at radius 3 is 2.52 bits per heavy atom. The van der Waals surface area contributed by atoms with Gasteiger partial charge in [0.25, 0.3) is 0 Å². The summed E-state index contributed by atoms with van der Waals surface area (Å²) in [7, 11) is -3.66. The van der Waals surface area contributed by atoms with Crippen molar-refractivity contribution < 1.29 is 8.42 Å². The summed E-state index contributed by atoms with van der Waals surface area (Å²) in [5.74, 6) is 5.49. The van der Waals surface area contributed by atoms with Crippen molar-refractivity contribution in [3.05, 3.63) is 54.2 Å². The molecule has 0 aliphatic heterocycles. The number of sulfonamides is 1. The Kier molecular flexibility index (Phi) is 4.89. The quantitative estimate of drug-likeness (QED) is 0.625. The third kappa shape index (κ3) is 3.38. The van der Waals surface area contributed by atoms with E-state index in [1.54, 1.807) is 13.0 Å². The predicted molar refractivity (Wildman–Crippen MR) is 81.8 cm³/mol. The van der Waals surface area contributed by atoms with Crippen LogP contribution in [0.25, 0.3) is 0 Å². The van der Waals surface area contributed by atoms with Gasteiger partial charge >= 0.3 is 0 Å². The Hall–Kier alpha value is -1.96. The number of rotatable bonds is 6. The van der Waals surface area contributed by atoms with Gasteiger partial charge in [0.2, 0.25) is 10.0 Å². The number of nitrogens with zero attached hydrogens (tertiary/aromatic N) is 2. The van der Waals surface area contributed by atoms with Crippen LogP contribution in [0.4, 0.5) is 5.82 Å². The third-order valence-electron chi connectivity index (χ3n) is 3.08. The van der Waals surface area contributed by atoms with E-state index in [0.29, 0.717) is 13.1 Å². The third-order valence-corrected chi connectivity index (χ3v) is 5.03. The van der Waals surface area contributed by atoms with Crippen molar-refractivity contribution in [2.45, 2.75) is 18.4 Å². The van der Waals surface area contributed by atoms with E-state index in [2.05, 4.69) is 10.4 Å². The van der Waals surface area contributed by atoms with Crippen molar-refractivity contribution in [3.8, 4) is 0 Å². The van der Waals surface area contributed by atoms with Gasteiger partial charge in [-0.1, -0.05) is 37.3 Å². The molecular formula is C14H18N4O2S. The fourth-order valence-electron chi connectivity index (χ4n) is 2.00. The topological polar surface area (TPSA) is 88.3 Å². The number of pyridine rings is 1. The summed E-state index contributed by atoms with van der Waals surface area (Å²) in [6, 6.07) is 12.5. The van der Waals surface area contributed by atoms with Crippen LogP contribution in [0.5, 0.6) is 0 Å². The molecule has 7 heteroatoms. The molecule has 0 aliphatic carbocycles. The molecule has 0 saturated heterocycles. The van der Waals surface area contributed by atoms with E-state index in [9.17, 15) is 8.42 Å². The molecule has 0 fully saturated rings. The lowest BCUT2D eigenvalue weighted by Gasteiger charge is -2.21. The number of hydrogen-bond donors (Lipinski definition) is 2. The molecule has 2 aromatic rings. The lowest BCUT2D eigenvalue weighted by Crippen LogP contribution is -2.31. The number of aromatic nitrogens is 1. The normalized spacial score (nSPS) is 11.6. The molecule has 21 heavy (non-hydrogen) atoms. The first-order valence-electron chi connectivity index (χ1n) is 6.55. The van der Waals surface area contributed by atoms with Crippen LogP contribution in [0, 0.1) is 0 Å². The van der Waals surface area contributed by atoms with Crippen LogP contribution in [0.15, 0.2) is 53.6 Å². The molecule has 0 spiro atoms. The second-order valence-corrected chi connectivity index (χ2v) is 6.32. The standard InChI is InChI=1S/C14H18N4O2S/c1-2-18(11-12-7-4-3-5-8-12)21(19,20)13-9-6-10-16-14(13)17-15/h3-10H,2,11,15H2,1H3,(H,16,17). The number of hydrazine groups is 1. The van der Waals surface area contributed by atoms with Gasteiger partial charge in [0.1, 0.15) is 4.90 Å². The smallest absolute Gasteiger partial charge is 0.247 e. The summed E-state index contributed by atoms with van der Waals surface area (Å²) >= 11 is 0. The van der Waals surface area contributed by atoms with Crippen molar-refractivity contribution in [1.29, 1.82) is 0 Å².